The molecule has 1 heterocycles. The molecule has 0 aromatic heterocycles. The Balaban J connectivity index is 2.18. The summed E-state index contributed by atoms with van der Waals surface area (Å²) < 4.78 is 0. The van der Waals surface area contributed by atoms with E-state index in [4.69, 9.17) is 33.1 Å². The molecule has 0 bridgehead atoms. The molecule has 0 saturated carbocycles. The number of halogens is 2. The van der Waals surface area contributed by atoms with E-state index >= 15 is 0 Å². The number of carboxylic acid groups (broad SMARTS) is 1. The third kappa shape index (κ3) is 2.91. The molecule has 1 unspecified atom stereocenters. The third-order valence-electron chi connectivity index (χ3n) is 2.28. The summed E-state index contributed by atoms with van der Waals surface area (Å²) in [6.45, 7) is 0. The Bertz CT molecular complexity index is 488. The van der Waals surface area contributed by atoms with Crippen molar-refractivity contribution in [3.63, 3.8) is 0 Å². The van der Waals surface area contributed by atoms with E-state index in [0.29, 0.717) is 15.7 Å². The number of hydroxylamine groups is 1. The molecule has 0 saturated heterocycles. The third-order valence-corrected chi connectivity index (χ3v) is 3.02. The van der Waals surface area contributed by atoms with Gasteiger partial charge in [-0.25, -0.2) is 0 Å². The lowest BCUT2D eigenvalue weighted by Gasteiger charge is -2.05. The lowest BCUT2D eigenvalue weighted by Crippen LogP contribution is -2.15. The first-order valence-electron chi connectivity index (χ1n) is 4.87. The summed E-state index contributed by atoms with van der Waals surface area (Å²) in [6, 6.07) is 5.14. The second-order valence-corrected chi connectivity index (χ2v) is 4.38. The fraction of sp³-hybridized carbons (Fsp3) is 0.182. The molecule has 1 aliphatic heterocycles. The normalized spacial score (nSPS) is 18.7. The summed E-state index contributed by atoms with van der Waals surface area (Å²) in [5.41, 5.74) is 4.16. The van der Waals surface area contributed by atoms with Gasteiger partial charge in [-0.1, -0.05) is 29.3 Å². The highest BCUT2D eigenvalue weighted by Gasteiger charge is 2.20. The quantitative estimate of drug-likeness (QED) is 0.889. The number of hydrogen-bond donors (Lipinski definition) is 2. The van der Waals surface area contributed by atoms with Crippen molar-refractivity contribution in [2.75, 3.05) is 0 Å². The van der Waals surface area contributed by atoms with Crippen molar-refractivity contribution in [1.82, 2.24) is 5.48 Å². The average molecular weight is 274 g/mol. The number of benzene rings is 1. The van der Waals surface area contributed by atoms with Crippen molar-refractivity contribution in [2.45, 2.75) is 12.5 Å². The molecule has 1 aromatic carbocycles. The van der Waals surface area contributed by atoms with Crippen molar-refractivity contribution in [3.8, 4) is 0 Å². The zero-order valence-corrected chi connectivity index (χ0v) is 10.1. The molecule has 2 rings (SSSR count). The molecule has 17 heavy (non-hydrogen) atoms. The van der Waals surface area contributed by atoms with E-state index in [1.54, 1.807) is 24.3 Å². The lowest BCUT2D eigenvalue weighted by atomic mass is 10.1. The molecule has 6 heteroatoms. The van der Waals surface area contributed by atoms with Crippen LogP contribution in [0.4, 0.5) is 0 Å². The van der Waals surface area contributed by atoms with Crippen LogP contribution in [-0.4, -0.2) is 17.2 Å². The van der Waals surface area contributed by atoms with E-state index in [0.717, 1.165) is 5.56 Å². The molecule has 0 spiro atoms. The zero-order chi connectivity index (χ0) is 12.4. The summed E-state index contributed by atoms with van der Waals surface area (Å²) in [6.07, 6.45) is 1.14. The van der Waals surface area contributed by atoms with Crippen molar-refractivity contribution in [1.29, 1.82) is 0 Å². The fourth-order valence-corrected chi connectivity index (χ4v) is 1.78. The molecular weight excluding hydrogens is 265 g/mol. The number of rotatable bonds is 3. The van der Waals surface area contributed by atoms with Gasteiger partial charge >= 0.3 is 5.97 Å². The molecule has 0 radical (unpaired) electrons. The lowest BCUT2D eigenvalue weighted by molar-refractivity contribution is -0.139. The second-order valence-electron chi connectivity index (χ2n) is 3.57. The standard InChI is InChI=1S/C11H9Cl2NO3/c12-8-2-1-6(3-9(8)13)10-4-7(17-14-10)5-11(15)16/h1-4,7,14H,5H2,(H,15,16). The van der Waals surface area contributed by atoms with E-state index in [-0.39, 0.29) is 6.42 Å². The minimum atomic E-state index is -0.913. The summed E-state index contributed by atoms with van der Waals surface area (Å²) in [5.74, 6) is -0.913. The Hall–Kier alpha value is -1.23. The molecular formula is C11H9Cl2NO3. The molecule has 1 aromatic rings. The first kappa shape index (κ1) is 12.2. The van der Waals surface area contributed by atoms with Gasteiger partial charge in [-0.15, -0.1) is 0 Å². The molecule has 2 N–H and O–H groups in total. The van der Waals surface area contributed by atoms with E-state index < -0.39 is 12.1 Å². The van der Waals surface area contributed by atoms with Crippen molar-refractivity contribution >= 4 is 34.9 Å². The SMILES string of the molecule is O=C(O)CC1C=C(c2ccc(Cl)c(Cl)c2)NO1. The zero-order valence-electron chi connectivity index (χ0n) is 8.61. The topological polar surface area (TPSA) is 58.6 Å². The maximum atomic E-state index is 10.5. The molecule has 0 aliphatic carbocycles. The van der Waals surface area contributed by atoms with Gasteiger partial charge in [0, 0.05) is 5.56 Å². The summed E-state index contributed by atoms with van der Waals surface area (Å²) >= 11 is 11.7. The summed E-state index contributed by atoms with van der Waals surface area (Å²) in [7, 11) is 0. The molecule has 90 valence electrons. The van der Waals surface area contributed by atoms with Gasteiger partial charge < -0.3 is 5.11 Å². The minimum absolute atomic E-state index is 0.0855. The number of hydrogen-bond acceptors (Lipinski definition) is 3. The largest absolute Gasteiger partial charge is 0.481 e. The van der Waals surface area contributed by atoms with Gasteiger partial charge in [0.05, 0.1) is 22.2 Å². The van der Waals surface area contributed by atoms with Crippen molar-refractivity contribution < 1.29 is 14.7 Å². The fourth-order valence-electron chi connectivity index (χ4n) is 1.48. The predicted octanol–water partition coefficient (Wildman–Crippen LogP) is 2.71. The van der Waals surface area contributed by atoms with Gasteiger partial charge in [0.25, 0.3) is 0 Å². The smallest absolute Gasteiger partial charge is 0.306 e. The van der Waals surface area contributed by atoms with Crippen molar-refractivity contribution in [3.05, 3.63) is 39.9 Å². The van der Waals surface area contributed by atoms with Crippen LogP contribution in [0, 0.1) is 0 Å². The molecule has 1 atom stereocenters. The van der Waals surface area contributed by atoms with Crippen LogP contribution in [0.5, 0.6) is 0 Å². The van der Waals surface area contributed by atoms with E-state index in [1.165, 1.54) is 0 Å². The molecule has 1 aliphatic rings. The maximum absolute atomic E-state index is 10.5. The Morgan fingerprint density at radius 3 is 2.82 bits per heavy atom. The number of nitrogens with one attached hydrogen (secondary N) is 1. The van der Waals surface area contributed by atoms with Crippen LogP contribution in [0.25, 0.3) is 5.70 Å². The van der Waals surface area contributed by atoms with E-state index in [1.807, 2.05) is 0 Å². The second kappa shape index (κ2) is 4.96. The average Bonchev–Trinajstić information content (AvgIpc) is 2.69. The van der Waals surface area contributed by atoms with Gasteiger partial charge in [-0.05, 0) is 18.2 Å². The summed E-state index contributed by atoms with van der Waals surface area (Å²) in [4.78, 5) is 15.6. The first-order valence-corrected chi connectivity index (χ1v) is 5.62. The van der Waals surface area contributed by atoms with Gasteiger partial charge in [0.15, 0.2) is 0 Å². The Kier molecular flexibility index (Phi) is 3.57. The number of carboxylic acids is 1. The highest BCUT2D eigenvalue weighted by Crippen LogP contribution is 2.27. The van der Waals surface area contributed by atoms with E-state index in [2.05, 4.69) is 5.48 Å². The highest BCUT2D eigenvalue weighted by atomic mass is 35.5. The van der Waals surface area contributed by atoms with Crippen LogP contribution in [0.2, 0.25) is 10.0 Å². The van der Waals surface area contributed by atoms with Crippen LogP contribution in [0.3, 0.4) is 0 Å². The van der Waals surface area contributed by atoms with Crippen molar-refractivity contribution in [2.24, 2.45) is 0 Å². The van der Waals surface area contributed by atoms with Gasteiger partial charge in [-0.3, -0.25) is 15.1 Å². The first-order chi connectivity index (χ1) is 8.06. The molecule has 0 amide bonds. The maximum Gasteiger partial charge on any atom is 0.306 e. The minimum Gasteiger partial charge on any atom is -0.481 e. The Morgan fingerprint density at radius 1 is 1.41 bits per heavy atom. The van der Waals surface area contributed by atoms with Gasteiger partial charge in [-0.2, -0.15) is 0 Å². The van der Waals surface area contributed by atoms with Crippen LogP contribution in [-0.2, 0) is 9.63 Å². The Morgan fingerprint density at radius 2 is 2.18 bits per heavy atom. The van der Waals surface area contributed by atoms with Crippen LogP contribution in [0.1, 0.15) is 12.0 Å². The van der Waals surface area contributed by atoms with Crippen LogP contribution in [0.15, 0.2) is 24.3 Å². The predicted molar refractivity (Wildman–Crippen MR) is 64.7 cm³/mol. The molecule has 4 nitrogen and oxygen atoms in total. The number of carbonyl (C=O) groups is 1. The highest BCUT2D eigenvalue weighted by molar-refractivity contribution is 6.42. The van der Waals surface area contributed by atoms with Gasteiger partial charge in [0.1, 0.15) is 6.10 Å². The summed E-state index contributed by atoms with van der Waals surface area (Å²) in [5, 5.41) is 9.54. The van der Waals surface area contributed by atoms with Crippen LogP contribution < -0.4 is 5.48 Å². The monoisotopic (exact) mass is 273 g/mol. The number of aliphatic carboxylic acids is 1. The van der Waals surface area contributed by atoms with E-state index in [9.17, 15) is 4.79 Å². The molecule has 0 fully saturated rings. The van der Waals surface area contributed by atoms with Gasteiger partial charge in [0.2, 0.25) is 0 Å². The van der Waals surface area contributed by atoms with Crippen LogP contribution >= 0.6 is 23.2 Å². The Labute approximate surface area is 108 Å².